The minimum absolute atomic E-state index is 0.0294. The van der Waals surface area contributed by atoms with Gasteiger partial charge in [0.2, 0.25) is 0 Å². The number of amides is 1. The van der Waals surface area contributed by atoms with Crippen LogP contribution in [0.5, 0.6) is 0 Å². The molecule has 0 radical (unpaired) electrons. The average molecular weight is 358 g/mol. The summed E-state index contributed by atoms with van der Waals surface area (Å²) >= 11 is 5.92. The fraction of sp³-hybridized carbons (Fsp3) is 0.250. The third-order valence-electron chi connectivity index (χ3n) is 3.37. The number of hydrogen-bond donors (Lipinski definition) is 0. The van der Waals surface area contributed by atoms with Crippen molar-refractivity contribution in [2.24, 2.45) is 0 Å². The van der Waals surface area contributed by atoms with Gasteiger partial charge in [-0.15, -0.1) is 13.2 Å². The molecule has 128 valence electrons. The zero-order valence-electron chi connectivity index (χ0n) is 12.9. The lowest BCUT2D eigenvalue weighted by molar-refractivity contribution is -0.137. The van der Waals surface area contributed by atoms with Crippen LogP contribution in [0, 0.1) is 6.92 Å². The molecule has 2 aromatic heterocycles. The van der Waals surface area contributed by atoms with E-state index in [4.69, 9.17) is 11.6 Å². The molecule has 0 aliphatic rings. The van der Waals surface area contributed by atoms with Crippen molar-refractivity contribution in [3.63, 3.8) is 0 Å². The number of imidazole rings is 1. The molecule has 0 saturated heterocycles. The van der Waals surface area contributed by atoms with Gasteiger partial charge >= 0.3 is 6.18 Å². The summed E-state index contributed by atoms with van der Waals surface area (Å²) in [5, 5.41) is -0.175. The Morgan fingerprint density at radius 3 is 2.46 bits per heavy atom. The molecule has 4 nitrogen and oxygen atoms in total. The number of aryl methyl sites for hydroxylation is 1. The van der Waals surface area contributed by atoms with E-state index in [-0.39, 0.29) is 29.5 Å². The van der Waals surface area contributed by atoms with Gasteiger partial charge in [0.05, 0.1) is 16.3 Å². The van der Waals surface area contributed by atoms with Crippen LogP contribution in [-0.4, -0.2) is 33.3 Å². The van der Waals surface area contributed by atoms with Crippen LogP contribution in [0.25, 0.3) is 5.65 Å². The number of alkyl halides is 3. The second-order valence-corrected chi connectivity index (χ2v) is 5.51. The fourth-order valence-corrected chi connectivity index (χ4v) is 2.58. The zero-order chi connectivity index (χ0) is 18.1. The van der Waals surface area contributed by atoms with Crippen molar-refractivity contribution < 1.29 is 18.0 Å². The van der Waals surface area contributed by atoms with Crippen molar-refractivity contribution in [2.75, 3.05) is 13.1 Å². The van der Waals surface area contributed by atoms with Gasteiger partial charge in [-0.1, -0.05) is 23.8 Å². The second kappa shape index (κ2) is 6.68. The Kier molecular flexibility index (Phi) is 5.03. The maximum absolute atomic E-state index is 13.0. The number of halogens is 4. The van der Waals surface area contributed by atoms with E-state index >= 15 is 0 Å². The number of fused-ring (bicyclic) bond motifs is 1. The number of hydrogen-bond acceptors (Lipinski definition) is 2. The van der Waals surface area contributed by atoms with Crippen molar-refractivity contribution in [2.45, 2.75) is 13.1 Å². The molecule has 2 heterocycles. The van der Waals surface area contributed by atoms with Crippen LogP contribution in [0.3, 0.4) is 0 Å². The quantitative estimate of drug-likeness (QED) is 0.755. The van der Waals surface area contributed by atoms with Crippen LogP contribution in [0.1, 0.15) is 21.7 Å². The van der Waals surface area contributed by atoms with E-state index in [1.54, 1.807) is 6.92 Å². The topological polar surface area (TPSA) is 37.6 Å². The lowest BCUT2D eigenvalue weighted by Gasteiger charge is -2.19. The minimum atomic E-state index is -4.59. The molecule has 1 amide bonds. The molecule has 0 aromatic carbocycles. The first-order valence-corrected chi connectivity index (χ1v) is 7.35. The largest absolute Gasteiger partial charge is 0.417 e. The standard InChI is InChI=1S/C16H15ClF3N3O/c1-4-6-22(7-5-2)15(24)13-10(3)21-14-12(17)8-11(9-23(13)14)16(18,19)20/h4-5,8-9H,1-2,6-7H2,3H3. The summed E-state index contributed by atoms with van der Waals surface area (Å²) in [5.41, 5.74) is -0.533. The predicted molar refractivity (Wildman–Crippen MR) is 86.2 cm³/mol. The maximum Gasteiger partial charge on any atom is 0.417 e. The van der Waals surface area contributed by atoms with Gasteiger partial charge in [0.25, 0.3) is 5.91 Å². The number of aromatic nitrogens is 2. The zero-order valence-corrected chi connectivity index (χ0v) is 13.7. The van der Waals surface area contributed by atoms with E-state index in [0.717, 1.165) is 16.7 Å². The molecule has 0 unspecified atom stereocenters. The summed E-state index contributed by atoms with van der Waals surface area (Å²) in [5.74, 6) is -0.477. The van der Waals surface area contributed by atoms with Crippen LogP contribution in [0.15, 0.2) is 37.6 Å². The summed E-state index contributed by atoms with van der Waals surface area (Å²) in [6.45, 7) is 9.14. The van der Waals surface area contributed by atoms with Crippen LogP contribution in [0.2, 0.25) is 5.02 Å². The van der Waals surface area contributed by atoms with E-state index in [0.29, 0.717) is 5.69 Å². The molecule has 24 heavy (non-hydrogen) atoms. The lowest BCUT2D eigenvalue weighted by Crippen LogP contribution is -2.32. The summed E-state index contributed by atoms with van der Waals surface area (Å²) in [6, 6.07) is 0.794. The molecular weight excluding hydrogens is 343 g/mol. The van der Waals surface area contributed by atoms with E-state index in [1.165, 1.54) is 17.1 Å². The van der Waals surface area contributed by atoms with Crippen molar-refractivity contribution in [3.8, 4) is 0 Å². The Bertz CT molecular complexity index is 801. The van der Waals surface area contributed by atoms with E-state index in [9.17, 15) is 18.0 Å². The minimum Gasteiger partial charge on any atom is -0.330 e. The Balaban J connectivity index is 2.67. The Labute approximate surface area is 141 Å². The summed E-state index contributed by atoms with van der Waals surface area (Å²) in [4.78, 5) is 18.3. The van der Waals surface area contributed by atoms with Gasteiger partial charge < -0.3 is 4.90 Å². The highest BCUT2D eigenvalue weighted by Crippen LogP contribution is 2.33. The first kappa shape index (κ1) is 18.1. The van der Waals surface area contributed by atoms with Crippen molar-refractivity contribution in [1.29, 1.82) is 0 Å². The highest BCUT2D eigenvalue weighted by atomic mass is 35.5. The molecule has 0 fully saturated rings. The molecule has 0 saturated carbocycles. The molecule has 0 aliphatic heterocycles. The first-order chi connectivity index (χ1) is 11.2. The molecular formula is C16H15ClF3N3O. The van der Waals surface area contributed by atoms with Crippen LogP contribution in [-0.2, 0) is 6.18 Å². The van der Waals surface area contributed by atoms with E-state index in [1.807, 2.05) is 0 Å². The number of rotatable bonds is 5. The second-order valence-electron chi connectivity index (χ2n) is 5.10. The van der Waals surface area contributed by atoms with Gasteiger partial charge in [-0.05, 0) is 13.0 Å². The Morgan fingerprint density at radius 1 is 1.38 bits per heavy atom. The molecule has 8 heteroatoms. The molecule has 0 bridgehead atoms. The average Bonchev–Trinajstić information content (AvgIpc) is 2.82. The maximum atomic E-state index is 13.0. The number of carbonyl (C=O) groups is 1. The third-order valence-corrected chi connectivity index (χ3v) is 3.64. The smallest absolute Gasteiger partial charge is 0.330 e. The van der Waals surface area contributed by atoms with Crippen LogP contribution >= 0.6 is 11.6 Å². The monoisotopic (exact) mass is 357 g/mol. The van der Waals surface area contributed by atoms with Crippen LogP contribution < -0.4 is 0 Å². The first-order valence-electron chi connectivity index (χ1n) is 6.97. The van der Waals surface area contributed by atoms with E-state index < -0.39 is 17.6 Å². The highest BCUT2D eigenvalue weighted by Gasteiger charge is 2.33. The summed E-state index contributed by atoms with van der Waals surface area (Å²) < 4.78 is 40.1. The van der Waals surface area contributed by atoms with Gasteiger partial charge in [-0.25, -0.2) is 4.98 Å². The predicted octanol–water partition coefficient (Wildman–Crippen LogP) is 4.13. The van der Waals surface area contributed by atoms with Gasteiger partial charge in [-0.2, -0.15) is 13.2 Å². The molecule has 2 aromatic rings. The number of nitrogens with zero attached hydrogens (tertiary/aromatic N) is 3. The fourth-order valence-electron chi connectivity index (χ4n) is 2.33. The van der Waals surface area contributed by atoms with Gasteiger partial charge in [0.1, 0.15) is 5.69 Å². The summed E-state index contributed by atoms with van der Waals surface area (Å²) in [6.07, 6.45) is -0.713. The van der Waals surface area contributed by atoms with E-state index in [2.05, 4.69) is 18.1 Å². The number of pyridine rings is 1. The van der Waals surface area contributed by atoms with Crippen molar-refractivity contribution >= 4 is 23.2 Å². The lowest BCUT2D eigenvalue weighted by atomic mass is 10.2. The molecule has 0 aliphatic carbocycles. The normalized spacial score (nSPS) is 11.5. The molecule has 0 atom stereocenters. The summed E-state index contributed by atoms with van der Waals surface area (Å²) in [7, 11) is 0. The number of carbonyl (C=O) groups excluding carboxylic acids is 1. The highest BCUT2D eigenvalue weighted by molar-refractivity contribution is 6.33. The van der Waals surface area contributed by atoms with Crippen LogP contribution in [0.4, 0.5) is 13.2 Å². The molecule has 0 spiro atoms. The molecule has 2 rings (SSSR count). The Hall–Kier alpha value is -2.28. The Morgan fingerprint density at radius 2 is 1.96 bits per heavy atom. The van der Waals surface area contributed by atoms with Gasteiger partial charge in [-0.3, -0.25) is 9.20 Å². The van der Waals surface area contributed by atoms with Gasteiger partial charge in [0, 0.05) is 19.3 Å². The third kappa shape index (κ3) is 3.31. The molecule has 0 N–H and O–H groups in total. The van der Waals surface area contributed by atoms with Gasteiger partial charge in [0.15, 0.2) is 5.65 Å². The van der Waals surface area contributed by atoms with Crippen molar-refractivity contribution in [3.05, 3.63) is 59.5 Å². The SMILES string of the molecule is C=CCN(CC=C)C(=O)c1c(C)nc2c(Cl)cc(C(F)(F)F)cn12. The van der Waals surface area contributed by atoms with Crippen molar-refractivity contribution in [1.82, 2.24) is 14.3 Å².